The highest BCUT2D eigenvalue weighted by molar-refractivity contribution is 5.71. The predicted octanol–water partition coefficient (Wildman–Crippen LogP) is 17.6. The van der Waals surface area contributed by atoms with Crippen LogP contribution < -0.4 is 0 Å². The first kappa shape index (κ1) is 62.3. The molecule has 0 aromatic rings. The first-order chi connectivity index (χ1) is 33.0. The van der Waals surface area contributed by atoms with E-state index in [0.29, 0.717) is 19.3 Å². The molecule has 0 spiro atoms. The smallest absolute Gasteiger partial charge is 0.306 e. The highest BCUT2D eigenvalue weighted by atomic mass is 16.6. The molecule has 0 rings (SSSR count). The van der Waals surface area contributed by atoms with E-state index >= 15 is 0 Å². The molecule has 0 bridgehead atoms. The number of allylic oxidation sites excluding steroid dienone is 24. The molecule has 0 fully saturated rings. The zero-order valence-electron chi connectivity index (χ0n) is 42.6. The van der Waals surface area contributed by atoms with Gasteiger partial charge in [-0.15, -0.1) is 0 Å². The van der Waals surface area contributed by atoms with Gasteiger partial charge < -0.3 is 14.2 Å². The lowest BCUT2D eigenvalue weighted by Gasteiger charge is -2.18. The Morgan fingerprint density at radius 2 is 0.612 bits per heavy atom. The first-order valence-electron chi connectivity index (χ1n) is 26.3. The van der Waals surface area contributed by atoms with Crippen LogP contribution in [-0.4, -0.2) is 37.2 Å². The Labute approximate surface area is 410 Å². The lowest BCUT2D eigenvalue weighted by atomic mass is 10.1. The second-order valence-electron chi connectivity index (χ2n) is 16.7. The van der Waals surface area contributed by atoms with Gasteiger partial charge in [-0.25, -0.2) is 0 Å². The van der Waals surface area contributed by atoms with Crippen LogP contribution in [0.25, 0.3) is 0 Å². The molecule has 0 unspecified atom stereocenters. The molecule has 67 heavy (non-hydrogen) atoms. The van der Waals surface area contributed by atoms with E-state index in [0.717, 1.165) is 122 Å². The summed E-state index contributed by atoms with van der Waals surface area (Å²) in [5, 5.41) is 0. The van der Waals surface area contributed by atoms with Crippen LogP contribution in [0.4, 0.5) is 0 Å². The van der Waals surface area contributed by atoms with Crippen LogP contribution in [0.15, 0.2) is 146 Å². The molecule has 1 atom stereocenters. The lowest BCUT2D eigenvalue weighted by Crippen LogP contribution is -2.30. The number of unbranched alkanes of at least 4 members (excludes halogenated alkanes) is 10. The molecule has 0 aliphatic heterocycles. The summed E-state index contributed by atoms with van der Waals surface area (Å²) in [5.41, 5.74) is 0. The predicted molar refractivity (Wildman–Crippen MR) is 288 cm³/mol. The molecule has 0 amide bonds. The van der Waals surface area contributed by atoms with Crippen LogP contribution in [0.3, 0.4) is 0 Å². The third kappa shape index (κ3) is 52.1. The van der Waals surface area contributed by atoms with Crippen LogP contribution >= 0.6 is 0 Å². The Bertz CT molecular complexity index is 1530. The number of ether oxygens (including phenoxy) is 3. The van der Waals surface area contributed by atoms with Crippen molar-refractivity contribution in [1.29, 1.82) is 0 Å². The lowest BCUT2D eigenvalue weighted by molar-refractivity contribution is -0.166. The Balaban J connectivity index is 4.58. The average molecular weight is 923 g/mol. The van der Waals surface area contributed by atoms with Crippen molar-refractivity contribution in [3.63, 3.8) is 0 Å². The number of carbonyl (C=O) groups is 3. The van der Waals surface area contributed by atoms with Gasteiger partial charge in [-0.05, 0) is 122 Å². The van der Waals surface area contributed by atoms with Gasteiger partial charge in [-0.3, -0.25) is 14.4 Å². The zero-order chi connectivity index (χ0) is 48.6. The number of hydrogen-bond acceptors (Lipinski definition) is 6. The van der Waals surface area contributed by atoms with E-state index in [4.69, 9.17) is 14.2 Å². The van der Waals surface area contributed by atoms with Gasteiger partial charge in [0, 0.05) is 19.3 Å². The quantitative estimate of drug-likeness (QED) is 0.0262. The molecule has 0 saturated carbocycles. The topological polar surface area (TPSA) is 78.9 Å². The molecule has 6 nitrogen and oxygen atoms in total. The Morgan fingerprint density at radius 3 is 1.03 bits per heavy atom. The van der Waals surface area contributed by atoms with Gasteiger partial charge in [0.2, 0.25) is 0 Å². The highest BCUT2D eigenvalue weighted by Gasteiger charge is 2.19. The maximum atomic E-state index is 12.8. The molecular weight excluding hydrogens is 829 g/mol. The van der Waals surface area contributed by atoms with Crippen LogP contribution in [-0.2, 0) is 28.6 Å². The van der Waals surface area contributed by atoms with Crippen LogP contribution in [0, 0.1) is 0 Å². The van der Waals surface area contributed by atoms with E-state index in [1.165, 1.54) is 25.7 Å². The largest absolute Gasteiger partial charge is 0.462 e. The average Bonchev–Trinajstić information content (AvgIpc) is 3.33. The summed E-state index contributed by atoms with van der Waals surface area (Å²) >= 11 is 0. The molecule has 0 aliphatic rings. The number of carbonyl (C=O) groups excluding carboxylic acids is 3. The van der Waals surface area contributed by atoms with Gasteiger partial charge in [0.15, 0.2) is 6.10 Å². The summed E-state index contributed by atoms with van der Waals surface area (Å²) in [7, 11) is 0. The van der Waals surface area contributed by atoms with Crippen LogP contribution in [0.5, 0.6) is 0 Å². The van der Waals surface area contributed by atoms with Gasteiger partial charge >= 0.3 is 17.9 Å². The van der Waals surface area contributed by atoms with Crippen molar-refractivity contribution in [2.45, 2.75) is 207 Å². The molecular formula is C61H94O6. The van der Waals surface area contributed by atoms with Gasteiger partial charge in [0.1, 0.15) is 13.2 Å². The fourth-order valence-corrected chi connectivity index (χ4v) is 6.41. The molecule has 0 radical (unpaired) electrons. The van der Waals surface area contributed by atoms with Crippen LogP contribution in [0.2, 0.25) is 0 Å². The summed E-state index contributed by atoms with van der Waals surface area (Å²) in [6.45, 7) is 6.24. The van der Waals surface area contributed by atoms with Gasteiger partial charge in [-0.1, -0.05) is 205 Å². The Kier molecular flexibility index (Phi) is 50.1. The SMILES string of the molecule is CC/C=C\C/C=C\C/C=C\C/C=C\C/C=C\C/C=C\CCC(=O)OC[C@H](COC(=O)CCCCCCC/C=C\CCCC)OC(=O)CCCCC/C=C\C/C=C\C/C=C\C/C=C\C/C=C\CC. The minimum atomic E-state index is -0.835. The molecule has 0 aromatic carbocycles. The third-order valence-electron chi connectivity index (χ3n) is 10.3. The fraction of sp³-hybridized carbons (Fsp3) is 0.557. The molecule has 374 valence electrons. The summed E-state index contributed by atoms with van der Waals surface area (Å²) in [6.07, 6.45) is 77.0. The number of esters is 3. The Hall–Kier alpha value is -4.71. The molecule has 0 aromatic heterocycles. The summed E-state index contributed by atoms with van der Waals surface area (Å²) in [6, 6.07) is 0. The maximum absolute atomic E-state index is 12.8. The van der Waals surface area contributed by atoms with Crippen molar-refractivity contribution in [2.75, 3.05) is 13.2 Å². The minimum Gasteiger partial charge on any atom is -0.462 e. The molecule has 0 heterocycles. The molecule has 0 N–H and O–H groups in total. The normalized spacial score (nSPS) is 13.3. The standard InChI is InChI=1S/C61H94O6/c1-4-7-10-13-16-19-22-24-26-28-30-32-34-36-39-42-45-48-51-54-60(63)66-57-58(56-65-59(62)53-50-47-44-41-38-21-18-15-12-9-6-3)67-61(64)55-52-49-46-43-40-37-35-33-31-29-27-25-23-20-17-14-11-8-5-2/h7-8,10-11,15-20,24-27,30-33,36-37,39-40,45,48,58H,4-6,9,12-14,21-23,28-29,34-35,38,41-44,46-47,49-57H2,1-3H3/b10-7-,11-8-,18-15-,19-16-,20-17-,26-24-,27-25-,32-30-,33-31-,39-36-,40-37-,48-45-/t58-/m0/s1. The number of hydrogen-bond donors (Lipinski definition) is 0. The van der Waals surface area contributed by atoms with E-state index in [1.54, 1.807) is 0 Å². The van der Waals surface area contributed by atoms with Gasteiger partial charge in [0.25, 0.3) is 0 Å². The summed E-state index contributed by atoms with van der Waals surface area (Å²) in [4.78, 5) is 38.0. The summed E-state index contributed by atoms with van der Waals surface area (Å²) < 4.78 is 16.7. The monoisotopic (exact) mass is 923 g/mol. The highest BCUT2D eigenvalue weighted by Crippen LogP contribution is 2.11. The number of rotatable bonds is 45. The zero-order valence-corrected chi connectivity index (χ0v) is 42.6. The van der Waals surface area contributed by atoms with Crippen molar-refractivity contribution < 1.29 is 28.6 Å². The van der Waals surface area contributed by atoms with Crippen molar-refractivity contribution in [2.24, 2.45) is 0 Å². The van der Waals surface area contributed by atoms with E-state index in [1.807, 2.05) is 12.2 Å². The molecule has 0 aliphatic carbocycles. The van der Waals surface area contributed by atoms with Gasteiger partial charge in [0.05, 0.1) is 0 Å². The first-order valence-corrected chi connectivity index (χ1v) is 26.3. The molecule has 0 saturated heterocycles. The van der Waals surface area contributed by atoms with Crippen molar-refractivity contribution in [1.82, 2.24) is 0 Å². The Morgan fingerprint density at radius 1 is 0.313 bits per heavy atom. The third-order valence-corrected chi connectivity index (χ3v) is 10.3. The van der Waals surface area contributed by atoms with E-state index in [9.17, 15) is 14.4 Å². The minimum absolute atomic E-state index is 0.126. The van der Waals surface area contributed by atoms with E-state index in [-0.39, 0.29) is 44.0 Å². The second kappa shape index (κ2) is 53.9. The van der Waals surface area contributed by atoms with E-state index in [2.05, 4.69) is 154 Å². The van der Waals surface area contributed by atoms with Crippen LogP contribution in [0.1, 0.15) is 201 Å². The van der Waals surface area contributed by atoms with Gasteiger partial charge in [-0.2, -0.15) is 0 Å². The fourth-order valence-electron chi connectivity index (χ4n) is 6.41. The van der Waals surface area contributed by atoms with E-state index < -0.39 is 6.10 Å². The maximum Gasteiger partial charge on any atom is 0.306 e. The van der Waals surface area contributed by atoms with Crippen molar-refractivity contribution in [3.05, 3.63) is 146 Å². The summed E-state index contributed by atoms with van der Waals surface area (Å²) in [5.74, 6) is -1.07. The van der Waals surface area contributed by atoms with Crippen molar-refractivity contribution >= 4 is 17.9 Å². The van der Waals surface area contributed by atoms with Crippen molar-refractivity contribution in [3.8, 4) is 0 Å². The molecule has 6 heteroatoms. The second-order valence-corrected chi connectivity index (χ2v) is 16.7.